The lowest BCUT2D eigenvalue weighted by Gasteiger charge is -2.06. The van der Waals surface area contributed by atoms with E-state index in [1.165, 1.54) is 4.68 Å². The Labute approximate surface area is 215 Å². The smallest absolute Gasteiger partial charge is 0.270 e. The van der Waals surface area contributed by atoms with Crippen molar-refractivity contribution in [3.8, 4) is 11.4 Å². The van der Waals surface area contributed by atoms with Crippen LogP contribution in [0.15, 0.2) is 77.6 Å². The third-order valence-corrected chi connectivity index (χ3v) is 6.44. The van der Waals surface area contributed by atoms with Crippen molar-refractivity contribution in [1.29, 1.82) is 0 Å². The van der Waals surface area contributed by atoms with Gasteiger partial charge in [-0.3, -0.25) is 9.67 Å². The van der Waals surface area contributed by atoms with Crippen LogP contribution in [0.1, 0.15) is 22.8 Å². The zero-order chi connectivity index (χ0) is 24.4. The molecule has 0 aliphatic carbocycles. The van der Waals surface area contributed by atoms with Gasteiger partial charge in [0.05, 0.1) is 6.54 Å². The number of halogens is 3. The highest BCUT2D eigenvalue weighted by atomic mass is 35.5. The molecule has 176 valence electrons. The van der Waals surface area contributed by atoms with Gasteiger partial charge >= 0.3 is 5.69 Å². The van der Waals surface area contributed by atoms with Crippen LogP contribution < -0.4 is 5.69 Å². The van der Waals surface area contributed by atoms with Crippen molar-refractivity contribution in [2.45, 2.75) is 19.5 Å². The average Bonchev–Trinajstić information content (AvgIpc) is 3.42. The number of benzene rings is 3. The molecule has 0 radical (unpaired) electrons. The summed E-state index contributed by atoms with van der Waals surface area (Å²) in [6.07, 6.45) is 0.363. The molecule has 1 N–H and O–H groups in total. The van der Waals surface area contributed by atoms with E-state index in [1.54, 1.807) is 34.9 Å². The number of aromatic amines is 1. The molecule has 0 atom stereocenters. The predicted octanol–water partition coefficient (Wildman–Crippen LogP) is 5.48. The molecule has 35 heavy (non-hydrogen) atoms. The van der Waals surface area contributed by atoms with Crippen molar-refractivity contribution in [1.82, 2.24) is 29.5 Å². The Kier molecular flexibility index (Phi) is 6.72. The van der Waals surface area contributed by atoms with E-state index in [-0.39, 0.29) is 12.2 Å². The summed E-state index contributed by atoms with van der Waals surface area (Å²) in [4.78, 5) is 17.9. The lowest BCUT2D eigenvalue weighted by Crippen LogP contribution is -2.26. The third-order valence-electron chi connectivity index (χ3n) is 5.48. The molecule has 2 aromatic heterocycles. The molecule has 7 nitrogen and oxygen atoms in total. The summed E-state index contributed by atoms with van der Waals surface area (Å²) in [7, 11) is 0. The molecular formula is C25H19Cl3N6O. The van der Waals surface area contributed by atoms with Gasteiger partial charge in [0.2, 0.25) is 0 Å². The van der Waals surface area contributed by atoms with Crippen molar-refractivity contribution in [2.75, 3.05) is 0 Å². The monoisotopic (exact) mass is 524 g/mol. The lowest BCUT2D eigenvalue weighted by atomic mass is 10.1. The van der Waals surface area contributed by atoms with Crippen molar-refractivity contribution < 1.29 is 0 Å². The maximum Gasteiger partial charge on any atom is 0.346 e. The number of nitrogens with zero attached hydrogens (tertiary/aromatic N) is 5. The predicted molar refractivity (Wildman–Crippen MR) is 137 cm³/mol. The van der Waals surface area contributed by atoms with Gasteiger partial charge in [-0.25, -0.2) is 14.5 Å². The Hall–Kier alpha value is -3.39. The van der Waals surface area contributed by atoms with E-state index in [4.69, 9.17) is 34.8 Å². The van der Waals surface area contributed by atoms with Gasteiger partial charge < -0.3 is 0 Å². The summed E-state index contributed by atoms with van der Waals surface area (Å²) in [5.41, 5.74) is 2.26. The summed E-state index contributed by atoms with van der Waals surface area (Å²) < 4.78 is 3.01. The minimum absolute atomic E-state index is 0.129. The molecule has 0 saturated heterocycles. The van der Waals surface area contributed by atoms with E-state index in [1.807, 2.05) is 42.5 Å². The lowest BCUT2D eigenvalue weighted by molar-refractivity contribution is 0.616. The molecule has 10 heteroatoms. The van der Waals surface area contributed by atoms with Crippen LogP contribution in [0.5, 0.6) is 0 Å². The minimum Gasteiger partial charge on any atom is -0.270 e. The summed E-state index contributed by atoms with van der Waals surface area (Å²) in [5.74, 6) is 1.56. The van der Waals surface area contributed by atoms with Crippen LogP contribution >= 0.6 is 34.8 Å². The molecule has 5 aromatic rings. The highest BCUT2D eigenvalue weighted by molar-refractivity contribution is 6.36. The zero-order valence-corrected chi connectivity index (χ0v) is 20.6. The molecule has 0 saturated carbocycles. The second-order valence-electron chi connectivity index (χ2n) is 7.92. The van der Waals surface area contributed by atoms with E-state index < -0.39 is 0 Å². The molecule has 0 unspecified atom stereocenters. The Balaban J connectivity index is 1.46. The number of hydrogen-bond acceptors (Lipinski definition) is 4. The van der Waals surface area contributed by atoms with Gasteiger partial charge in [-0.2, -0.15) is 5.10 Å². The Bertz CT molecular complexity index is 1500. The topological polar surface area (TPSA) is 81.4 Å². The highest BCUT2D eigenvalue weighted by Crippen LogP contribution is 2.26. The van der Waals surface area contributed by atoms with Crippen LogP contribution in [0.25, 0.3) is 11.4 Å². The molecule has 2 heterocycles. The largest absolute Gasteiger partial charge is 0.346 e. The Morgan fingerprint density at radius 3 is 2.26 bits per heavy atom. The zero-order valence-electron chi connectivity index (χ0n) is 18.3. The van der Waals surface area contributed by atoms with Crippen molar-refractivity contribution in [3.05, 3.63) is 121 Å². The number of nitrogens with one attached hydrogen (secondary N) is 1. The molecule has 3 aromatic carbocycles. The van der Waals surface area contributed by atoms with Gasteiger partial charge in [0.1, 0.15) is 12.4 Å². The first-order valence-corrected chi connectivity index (χ1v) is 11.9. The maximum absolute atomic E-state index is 13.4. The van der Waals surface area contributed by atoms with Gasteiger partial charge in [0.25, 0.3) is 0 Å². The van der Waals surface area contributed by atoms with Crippen LogP contribution in [-0.2, 0) is 19.5 Å². The number of rotatable bonds is 7. The number of H-pyrrole nitrogens is 1. The number of hydrogen-bond donors (Lipinski definition) is 1. The first-order chi connectivity index (χ1) is 17.0. The summed E-state index contributed by atoms with van der Waals surface area (Å²) in [5, 5.41) is 13.5. The molecule has 0 bridgehead atoms. The molecule has 0 amide bonds. The Morgan fingerprint density at radius 2 is 1.54 bits per heavy atom. The maximum atomic E-state index is 13.4. The molecular weight excluding hydrogens is 507 g/mol. The standard InChI is InChI=1S/C25H19Cl3N6O/c26-18-11-9-17(10-12-18)24-32-34(25(35)33(24)14-16-5-2-1-3-6-16)15-23-29-22(30-31-23)13-19-20(27)7-4-8-21(19)28/h1-12H,13-15H2,(H,29,30,31). The van der Waals surface area contributed by atoms with E-state index in [0.29, 0.717) is 45.5 Å². The van der Waals surface area contributed by atoms with E-state index in [0.717, 1.165) is 16.7 Å². The quantitative estimate of drug-likeness (QED) is 0.305. The minimum atomic E-state index is -0.258. The van der Waals surface area contributed by atoms with E-state index in [9.17, 15) is 4.79 Å². The second-order valence-corrected chi connectivity index (χ2v) is 9.17. The van der Waals surface area contributed by atoms with Crippen molar-refractivity contribution >= 4 is 34.8 Å². The van der Waals surface area contributed by atoms with Gasteiger partial charge in [-0.1, -0.05) is 71.2 Å². The first-order valence-electron chi connectivity index (χ1n) is 10.8. The summed E-state index contributed by atoms with van der Waals surface area (Å²) in [6.45, 7) is 0.509. The van der Waals surface area contributed by atoms with Crippen LogP contribution in [0, 0.1) is 0 Å². The van der Waals surface area contributed by atoms with Crippen LogP contribution in [0.4, 0.5) is 0 Å². The fourth-order valence-corrected chi connectivity index (χ4v) is 4.41. The van der Waals surface area contributed by atoms with Gasteiger partial charge in [0, 0.05) is 27.1 Å². The van der Waals surface area contributed by atoms with Crippen LogP contribution in [0.3, 0.4) is 0 Å². The van der Waals surface area contributed by atoms with E-state index >= 15 is 0 Å². The third kappa shape index (κ3) is 5.17. The van der Waals surface area contributed by atoms with Crippen LogP contribution in [-0.4, -0.2) is 29.5 Å². The molecule has 0 aliphatic heterocycles. The van der Waals surface area contributed by atoms with Crippen molar-refractivity contribution in [3.63, 3.8) is 0 Å². The van der Waals surface area contributed by atoms with E-state index in [2.05, 4.69) is 20.3 Å². The second kappa shape index (κ2) is 10.1. The Morgan fingerprint density at radius 1 is 0.829 bits per heavy atom. The fraction of sp³-hybridized carbons (Fsp3) is 0.120. The van der Waals surface area contributed by atoms with Crippen LogP contribution in [0.2, 0.25) is 15.1 Å². The SMILES string of the molecule is O=c1n(Cc2nc(Cc3c(Cl)cccc3Cl)n[nH]2)nc(-c2ccc(Cl)cc2)n1Cc1ccccc1. The van der Waals surface area contributed by atoms with Gasteiger partial charge in [-0.15, -0.1) is 5.10 Å². The number of aromatic nitrogens is 6. The molecule has 0 fully saturated rings. The highest BCUT2D eigenvalue weighted by Gasteiger charge is 2.18. The summed E-state index contributed by atoms with van der Waals surface area (Å²) >= 11 is 18.6. The fourth-order valence-electron chi connectivity index (χ4n) is 3.75. The summed E-state index contributed by atoms with van der Waals surface area (Å²) in [6, 6.07) is 22.3. The molecule has 5 rings (SSSR count). The normalized spacial score (nSPS) is 11.2. The van der Waals surface area contributed by atoms with Gasteiger partial charge in [0.15, 0.2) is 11.6 Å². The van der Waals surface area contributed by atoms with Crippen molar-refractivity contribution in [2.24, 2.45) is 0 Å². The molecule has 0 spiro atoms. The van der Waals surface area contributed by atoms with Gasteiger partial charge in [-0.05, 0) is 47.5 Å². The average molecular weight is 526 g/mol. The molecule has 0 aliphatic rings. The first kappa shape index (κ1) is 23.4.